The molecule has 2 N–H and O–H groups in total. The molecule has 0 spiro atoms. The number of nitrogens with one attached hydrogen (secondary N) is 1. The molecule has 0 fully saturated rings. The number of hydrogen-bond donors (Lipinski definition) is 2. The highest BCUT2D eigenvalue weighted by molar-refractivity contribution is 5.96. The highest BCUT2D eigenvalue weighted by atomic mass is 16.4. The van der Waals surface area contributed by atoms with E-state index in [2.05, 4.69) is 5.32 Å². The van der Waals surface area contributed by atoms with E-state index in [1.165, 1.54) is 0 Å². The number of nitrogens with zero attached hydrogens (tertiary/aromatic N) is 1. The van der Waals surface area contributed by atoms with E-state index in [1.54, 1.807) is 18.2 Å². The maximum Gasteiger partial charge on any atom is 0.322 e. The van der Waals surface area contributed by atoms with E-state index in [9.17, 15) is 9.59 Å². The minimum absolute atomic E-state index is 0.382. The first kappa shape index (κ1) is 11.9. The summed E-state index contributed by atoms with van der Waals surface area (Å²) in [5.41, 5.74) is 1.28. The molecule has 0 aliphatic carbocycles. The Morgan fingerprint density at radius 1 is 1.17 bits per heavy atom. The van der Waals surface area contributed by atoms with Gasteiger partial charge in [0.05, 0.1) is 0 Å². The van der Waals surface area contributed by atoms with Gasteiger partial charge in [0.15, 0.2) is 0 Å². The Morgan fingerprint density at radius 2 is 1.89 bits per heavy atom. The molecule has 1 amide bonds. The lowest BCUT2D eigenvalue weighted by atomic mass is 10.2. The van der Waals surface area contributed by atoms with Crippen molar-refractivity contribution in [3.05, 3.63) is 54.4 Å². The molecule has 92 valence electrons. The number of amides is 1. The molecule has 18 heavy (non-hydrogen) atoms. The second-order valence-corrected chi connectivity index (χ2v) is 3.72. The van der Waals surface area contributed by atoms with Crippen LogP contribution in [0.2, 0.25) is 0 Å². The van der Waals surface area contributed by atoms with E-state index < -0.39 is 11.9 Å². The molecule has 2 rings (SSSR count). The molecule has 5 heteroatoms. The third kappa shape index (κ3) is 2.76. The van der Waals surface area contributed by atoms with Crippen molar-refractivity contribution in [2.24, 2.45) is 0 Å². The van der Waals surface area contributed by atoms with Gasteiger partial charge in [0, 0.05) is 23.6 Å². The van der Waals surface area contributed by atoms with Crippen LogP contribution in [0.5, 0.6) is 0 Å². The summed E-state index contributed by atoms with van der Waals surface area (Å²) in [5.74, 6) is -1.46. The van der Waals surface area contributed by atoms with Gasteiger partial charge < -0.3 is 15.0 Å². The molecule has 0 saturated heterocycles. The van der Waals surface area contributed by atoms with Crippen LogP contribution in [-0.4, -0.2) is 28.1 Å². The zero-order chi connectivity index (χ0) is 13.0. The average Bonchev–Trinajstić information content (AvgIpc) is 2.90. The van der Waals surface area contributed by atoms with Gasteiger partial charge in [-0.25, -0.2) is 0 Å². The number of carboxylic acid groups (broad SMARTS) is 1. The summed E-state index contributed by atoms with van der Waals surface area (Å²) in [5, 5.41) is 10.8. The summed E-state index contributed by atoms with van der Waals surface area (Å²) in [7, 11) is 0. The van der Waals surface area contributed by atoms with Crippen molar-refractivity contribution in [1.29, 1.82) is 0 Å². The quantitative estimate of drug-likeness (QED) is 0.851. The molecule has 0 aliphatic heterocycles. The lowest BCUT2D eigenvalue weighted by molar-refractivity contribution is -0.135. The molecular formula is C13H12N2O3. The fourth-order valence-electron chi connectivity index (χ4n) is 1.57. The maximum absolute atomic E-state index is 11.7. The van der Waals surface area contributed by atoms with Crippen LogP contribution < -0.4 is 5.32 Å². The van der Waals surface area contributed by atoms with Crippen LogP contribution in [0, 0.1) is 0 Å². The standard InChI is InChI=1S/C13H12N2O3/c16-12(17)9-14-13(18)10-4-3-5-11(8-10)15-6-1-2-7-15/h1-8H,9H2,(H,14,18)(H,16,17). The van der Waals surface area contributed by atoms with Gasteiger partial charge >= 0.3 is 5.97 Å². The second-order valence-electron chi connectivity index (χ2n) is 3.72. The Kier molecular flexibility index (Phi) is 3.43. The van der Waals surface area contributed by atoms with Gasteiger partial charge in [0.1, 0.15) is 6.54 Å². The summed E-state index contributed by atoms with van der Waals surface area (Å²) < 4.78 is 1.87. The van der Waals surface area contributed by atoms with Crippen LogP contribution in [0.15, 0.2) is 48.8 Å². The van der Waals surface area contributed by atoms with Gasteiger partial charge in [0.2, 0.25) is 0 Å². The van der Waals surface area contributed by atoms with Crippen LogP contribution in [-0.2, 0) is 4.79 Å². The Bertz CT molecular complexity index is 561. The van der Waals surface area contributed by atoms with Gasteiger partial charge in [-0.1, -0.05) is 6.07 Å². The summed E-state index contributed by atoms with van der Waals surface area (Å²) in [4.78, 5) is 22.1. The fourth-order valence-corrected chi connectivity index (χ4v) is 1.57. The number of carbonyl (C=O) groups excluding carboxylic acids is 1. The van der Waals surface area contributed by atoms with Crippen LogP contribution in [0.3, 0.4) is 0 Å². The number of carboxylic acids is 1. The molecule has 5 nitrogen and oxygen atoms in total. The molecule has 1 aromatic carbocycles. The molecule has 1 heterocycles. The molecule has 0 bridgehead atoms. The lowest BCUT2D eigenvalue weighted by Crippen LogP contribution is -2.29. The smallest absolute Gasteiger partial charge is 0.322 e. The first-order valence-electron chi connectivity index (χ1n) is 5.40. The van der Waals surface area contributed by atoms with Crippen LogP contribution in [0.25, 0.3) is 5.69 Å². The summed E-state index contributed by atoms with van der Waals surface area (Å²) in [6, 6.07) is 10.7. The summed E-state index contributed by atoms with van der Waals surface area (Å²) in [6.07, 6.45) is 3.74. The molecule has 0 aliphatic rings. The summed E-state index contributed by atoms with van der Waals surface area (Å²) >= 11 is 0. The molecule has 1 aromatic heterocycles. The van der Waals surface area contributed by atoms with E-state index >= 15 is 0 Å². The number of aliphatic carboxylic acids is 1. The molecule has 0 radical (unpaired) electrons. The molecule has 2 aromatic rings. The van der Waals surface area contributed by atoms with Crippen LogP contribution >= 0.6 is 0 Å². The fraction of sp³-hybridized carbons (Fsp3) is 0.0769. The maximum atomic E-state index is 11.7. The van der Waals surface area contributed by atoms with Crippen molar-refractivity contribution in [2.75, 3.05) is 6.54 Å². The molecular weight excluding hydrogens is 232 g/mol. The highest BCUT2D eigenvalue weighted by Gasteiger charge is 2.07. The molecule has 0 atom stereocenters. The number of aromatic nitrogens is 1. The molecule has 0 unspecified atom stereocenters. The predicted molar refractivity (Wildman–Crippen MR) is 65.7 cm³/mol. The van der Waals surface area contributed by atoms with Crippen molar-refractivity contribution in [3.8, 4) is 5.69 Å². The van der Waals surface area contributed by atoms with Crippen molar-refractivity contribution in [3.63, 3.8) is 0 Å². The first-order valence-corrected chi connectivity index (χ1v) is 5.40. The van der Waals surface area contributed by atoms with E-state index in [0.717, 1.165) is 5.69 Å². The number of hydrogen-bond acceptors (Lipinski definition) is 2. The van der Waals surface area contributed by atoms with Gasteiger partial charge in [-0.2, -0.15) is 0 Å². The monoisotopic (exact) mass is 244 g/mol. The minimum atomic E-state index is -1.06. The number of benzene rings is 1. The van der Waals surface area contributed by atoms with Crippen molar-refractivity contribution >= 4 is 11.9 Å². The van der Waals surface area contributed by atoms with Crippen LogP contribution in [0.1, 0.15) is 10.4 Å². The SMILES string of the molecule is O=C(O)CNC(=O)c1cccc(-n2cccc2)c1. The minimum Gasteiger partial charge on any atom is -0.480 e. The zero-order valence-corrected chi connectivity index (χ0v) is 9.54. The van der Waals surface area contributed by atoms with Crippen LogP contribution in [0.4, 0.5) is 0 Å². The van der Waals surface area contributed by atoms with Crippen molar-refractivity contribution in [2.45, 2.75) is 0 Å². The van der Waals surface area contributed by atoms with Crippen molar-refractivity contribution in [1.82, 2.24) is 9.88 Å². The third-order valence-corrected chi connectivity index (χ3v) is 2.41. The number of rotatable bonds is 4. The Balaban J connectivity index is 2.17. The van der Waals surface area contributed by atoms with Gasteiger partial charge in [0.25, 0.3) is 5.91 Å². The van der Waals surface area contributed by atoms with Crippen molar-refractivity contribution < 1.29 is 14.7 Å². The largest absolute Gasteiger partial charge is 0.480 e. The summed E-state index contributed by atoms with van der Waals surface area (Å²) in [6.45, 7) is -0.382. The van der Waals surface area contributed by atoms with E-state index in [-0.39, 0.29) is 6.54 Å². The van der Waals surface area contributed by atoms with E-state index in [0.29, 0.717) is 5.56 Å². The van der Waals surface area contributed by atoms with Gasteiger partial charge in [-0.05, 0) is 30.3 Å². The van der Waals surface area contributed by atoms with E-state index in [4.69, 9.17) is 5.11 Å². The topological polar surface area (TPSA) is 71.3 Å². The van der Waals surface area contributed by atoms with E-state index in [1.807, 2.05) is 35.2 Å². The number of carbonyl (C=O) groups is 2. The Morgan fingerprint density at radius 3 is 2.56 bits per heavy atom. The Hall–Kier alpha value is -2.56. The third-order valence-electron chi connectivity index (χ3n) is 2.41. The normalized spacial score (nSPS) is 10.0. The van der Waals surface area contributed by atoms with Gasteiger partial charge in [-0.15, -0.1) is 0 Å². The van der Waals surface area contributed by atoms with Gasteiger partial charge in [-0.3, -0.25) is 9.59 Å². The lowest BCUT2D eigenvalue weighted by Gasteiger charge is -2.06. The second kappa shape index (κ2) is 5.18. The highest BCUT2D eigenvalue weighted by Crippen LogP contribution is 2.10. The Labute approximate surface area is 104 Å². The average molecular weight is 244 g/mol. The predicted octanol–water partition coefficient (Wildman–Crippen LogP) is 1.29. The first-order chi connectivity index (χ1) is 8.66. The molecule has 0 saturated carbocycles. The zero-order valence-electron chi connectivity index (χ0n) is 9.54.